The fourth-order valence-electron chi connectivity index (χ4n) is 5.55. The van der Waals surface area contributed by atoms with Gasteiger partial charge in [0.2, 0.25) is 0 Å². The Morgan fingerprint density at radius 3 is 2.49 bits per heavy atom. The number of allylic oxidation sites excluding steroid dienone is 1. The molecule has 1 aliphatic rings. The zero-order chi connectivity index (χ0) is 26.7. The summed E-state index contributed by atoms with van der Waals surface area (Å²) in [6.07, 6.45) is 9.47. The third kappa shape index (κ3) is 3.44. The van der Waals surface area contributed by atoms with Crippen LogP contribution in [-0.2, 0) is 6.54 Å². The average molecular weight is 524 g/mol. The molecule has 0 saturated carbocycles. The van der Waals surface area contributed by atoms with Crippen LogP contribution in [0.4, 0.5) is 0 Å². The summed E-state index contributed by atoms with van der Waals surface area (Å²) >= 11 is 1.68. The zero-order valence-corrected chi connectivity index (χ0v) is 21.7. The first-order valence-corrected chi connectivity index (χ1v) is 13.4. The van der Waals surface area contributed by atoms with Gasteiger partial charge in [-0.2, -0.15) is 0 Å². The Kier molecular flexibility index (Phi) is 5.22. The van der Waals surface area contributed by atoms with E-state index in [0.717, 1.165) is 53.1 Å². The van der Waals surface area contributed by atoms with Crippen LogP contribution in [-0.4, -0.2) is 32.8 Å². The number of para-hydroxylation sites is 1. The van der Waals surface area contributed by atoms with E-state index in [1.54, 1.807) is 23.5 Å². The summed E-state index contributed by atoms with van der Waals surface area (Å²) in [7, 11) is 0. The van der Waals surface area contributed by atoms with E-state index >= 15 is 0 Å². The van der Waals surface area contributed by atoms with Gasteiger partial charge in [-0.05, 0) is 52.9 Å². The van der Waals surface area contributed by atoms with E-state index in [9.17, 15) is 9.59 Å². The van der Waals surface area contributed by atoms with Crippen LogP contribution in [0.15, 0.2) is 91.6 Å². The van der Waals surface area contributed by atoms with E-state index in [2.05, 4.69) is 47.5 Å². The normalized spacial score (nSPS) is 12.9. The van der Waals surface area contributed by atoms with Crippen LogP contribution in [0.5, 0.6) is 0 Å². The molecule has 0 aliphatic carbocycles. The molecule has 0 unspecified atom stereocenters. The van der Waals surface area contributed by atoms with E-state index in [1.165, 1.54) is 0 Å². The van der Waals surface area contributed by atoms with Crippen molar-refractivity contribution in [2.24, 2.45) is 0 Å². The second-order valence-electron chi connectivity index (χ2n) is 9.49. The first kappa shape index (κ1) is 23.2. The molecule has 0 bridgehead atoms. The molecule has 0 N–H and O–H groups in total. The number of carbonyl (C=O) groups excluding carboxylic acids is 2. The fraction of sp³-hybridized carbons (Fsp3) is 0.0606. The van der Waals surface area contributed by atoms with Gasteiger partial charge < -0.3 is 4.57 Å². The number of terminal acetylenes is 1. The monoisotopic (exact) mass is 523 g/mol. The molecule has 5 nitrogen and oxygen atoms in total. The minimum atomic E-state index is -0.358. The van der Waals surface area contributed by atoms with Gasteiger partial charge >= 0.3 is 0 Å². The fourth-order valence-corrected chi connectivity index (χ4v) is 6.54. The summed E-state index contributed by atoms with van der Waals surface area (Å²) < 4.78 is 3.33. The minimum Gasteiger partial charge on any atom is -0.343 e. The number of rotatable bonds is 5. The summed E-state index contributed by atoms with van der Waals surface area (Å²) in [6.45, 7) is 4.56. The number of hydrogen-bond donors (Lipinski definition) is 0. The molecule has 0 saturated heterocycles. The SMILES string of the molecule is C#CCN1C(=O)c2cccc3c(-c4ccc5c(c4)c(-c4nc6ccccc6s4)cn5CC=C)ccc(c23)C1=O. The maximum absolute atomic E-state index is 13.2. The molecule has 6 heteroatoms. The van der Waals surface area contributed by atoms with Crippen molar-refractivity contribution in [3.63, 3.8) is 0 Å². The van der Waals surface area contributed by atoms with Crippen LogP contribution in [0.3, 0.4) is 0 Å². The maximum atomic E-state index is 13.2. The average Bonchev–Trinajstić information content (AvgIpc) is 3.55. The first-order chi connectivity index (χ1) is 19.1. The van der Waals surface area contributed by atoms with Crippen molar-refractivity contribution in [2.75, 3.05) is 6.54 Å². The van der Waals surface area contributed by atoms with Crippen LogP contribution < -0.4 is 0 Å². The van der Waals surface area contributed by atoms with Gasteiger partial charge in [0.25, 0.3) is 11.8 Å². The van der Waals surface area contributed by atoms with Crippen molar-refractivity contribution in [3.05, 3.63) is 103 Å². The van der Waals surface area contributed by atoms with Crippen molar-refractivity contribution < 1.29 is 9.59 Å². The Labute approximate surface area is 228 Å². The third-order valence-corrected chi connectivity index (χ3v) is 8.35. The van der Waals surface area contributed by atoms with Crippen molar-refractivity contribution in [1.29, 1.82) is 0 Å². The van der Waals surface area contributed by atoms with Crippen molar-refractivity contribution in [3.8, 4) is 34.0 Å². The summed E-state index contributed by atoms with van der Waals surface area (Å²) in [5.41, 5.74) is 6.07. The van der Waals surface area contributed by atoms with Gasteiger partial charge in [-0.15, -0.1) is 24.3 Å². The Bertz CT molecular complexity index is 2000. The number of aromatic nitrogens is 2. The number of imide groups is 1. The molecule has 0 atom stereocenters. The lowest BCUT2D eigenvalue weighted by Gasteiger charge is -2.26. The molecule has 0 radical (unpaired) electrons. The largest absolute Gasteiger partial charge is 0.343 e. The van der Waals surface area contributed by atoms with Gasteiger partial charge in [0.15, 0.2) is 0 Å². The smallest absolute Gasteiger partial charge is 0.262 e. The van der Waals surface area contributed by atoms with Crippen molar-refractivity contribution in [2.45, 2.75) is 6.54 Å². The lowest BCUT2D eigenvalue weighted by atomic mass is 9.89. The standard InChI is InChI=1S/C33H21N3O2S/c1-3-16-35-19-26(31-34-27-10-5-6-11-29(27)39-31)25-18-20(12-15-28(25)35)21-13-14-24-30-22(21)8-7-9-23(30)32(37)36(17-4-2)33(24)38/h2-3,5-15,18-19H,1,16-17H2. The molecule has 0 fully saturated rings. The molecule has 2 aromatic heterocycles. The molecule has 186 valence electrons. The summed E-state index contributed by atoms with van der Waals surface area (Å²) in [5, 5.41) is 3.58. The lowest BCUT2D eigenvalue weighted by molar-refractivity contribution is 0.0632. The van der Waals surface area contributed by atoms with E-state index in [0.29, 0.717) is 23.1 Å². The summed E-state index contributed by atoms with van der Waals surface area (Å²) in [4.78, 5) is 32.4. The number of hydrogen-bond acceptors (Lipinski definition) is 4. The highest BCUT2D eigenvalue weighted by Crippen LogP contribution is 2.40. The molecule has 0 spiro atoms. The number of amides is 2. The summed E-state index contributed by atoms with van der Waals surface area (Å²) in [6, 6.07) is 23.9. The van der Waals surface area contributed by atoms with E-state index in [1.807, 2.05) is 42.5 Å². The third-order valence-electron chi connectivity index (χ3n) is 7.28. The number of fused-ring (bicyclic) bond motifs is 2. The molecular weight excluding hydrogens is 502 g/mol. The molecule has 6 aromatic rings. The number of carbonyl (C=O) groups is 2. The Balaban J connectivity index is 1.45. The lowest BCUT2D eigenvalue weighted by Crippen LogP contribution is -2.40. The van der Waals surface area contributed by atoms with Crippen LogP contribution in [0.1, 0.15) is 20.7 Å². The van der Waals surface area contributed by atoms with Gasteiger partial charge in [-0.1, -0.05) is 48.4 Å². The molecule has 1 aliphatic heterocycles. The van der Waals surface area contributed by atoms with E-state index < -0.39 is 0 Å². The highest BCUT2D eigenvalue weighted by Gasteiger charge is 2.32. The van der Waals surface area contributed by atoms with Gasteiger partial charge in [0.1, 0.15) is 5.01 Å². The van der Waals surface area contributed by atoms with Gasteiger partial charge in [0, 0.05) is 45.7 Å². The van der Waals surface area contributed by atoms with Crippen LogP contribution in [0, 0.1) is 12.3 Å². The topological polar surface area (TPSA) is 55.2 Å². The van der Waals surface area contributed by atoms with Crippen LogP contribution >= 0.6 is 11.3 Å². The second kappa shape index (κ2) is 8.80. The number of benzene rings is 4. The molecule has 39 heavy (non-hydrogen) atoms. The zero-order valence-electron chi connectivity index (χ0n) is 20.8. The highest BCUT2D eigenvalue weighted by atomic mass is 32.1. The molecule has 7 rings (SSSR count). The Morgan fingerprint density at radius 2 is 1.69 bits per heavy atom. The number of nitrogens with zero attached hydrogens (tertiary/aromatic N) is 3. The van der Waals surface area contributed by atoms with Crippen molar-refractivity contribution >= 4 is 55.0 Å². The van der Waals surface area contributed by atoms with Crippen LogP contribution in [0.25, 0.3) is 53.6 Å². The Morgan fingerprint density at radius 1 is 0.897 bits per heavy atom. The van der Waals surface area contributed by atoms with E-state index in [4.69, 9.17) is 11.4 Å². The number of thiazole rings is 1. The van der Waals surface area contributed by atoms with Gasteiger partial charge in [-0.25, -0.2) is 4.98 Å². The predicted molar refractivity (Wildman–Crippen MR) is 158 cm³/mol. The molecule has 3 heterocycles. The van der Waals surface area contributed by atoms with Gasteiger partial charge in [-0.3, -0.25) is 14.5 Å². The Hall–Kier alpha value is -4.99. The van der Waals surface area contributed by atoms with Crippen LogP contribution in [0.2, 0.25) is 0 Å². The maximum Gasteiger partial charge on any atom is 0.262 e. The molecular formula is C33H21N3O2S. The summed E-state index contributed by atoms with van der Waals surface area (Å²) in [5.74, 6) is 1.71. The molecule has 4 aromatic carbocycles. The van der Waals surface area contributed by atoms with Crippen molar-refractivity contribution in [1.82, 2.24) is 14.5 Å². The first-order valence-electron chi connectivity index (χ1n) is 12.5. The highest BCUT2D eigenvalue weighted by molar-refractivity contribution is 7.21. The van der Waals surface area contributed by atoms with Gasteiger partial charge in [0.05, 0.1) is 16.8 Å². The second-order valence-corrected chi connectivity index (χ2v) is 10.5. The molecule has 2 amide bonds. The predicted octanol–water partition coefficient (Wildman–Crippen LogP) is 7.15. The van der Waals surface area contributed by atoms with E-state index in [-0.39, 0.29) is 18.4 Å². The quantitative estimate of drug-likeness (QED) is 0.137. The minimum absolute atomic E-state index is 0.0534.